The van der Waals surface area contributed by atoms with Gasteiger partial charge < -0.3 is 5.11 Å². The van der Waals surface area contributed by atoms with E-state index in [1.807, 2.05) is 13.8 Å². The van der Waals surface area contributed by atoms with Crippen LogP contribution in [0.25, 0.3) is 10.9 Å². The molecule has 1 aromatic heterocycles. The maximum atomic E-state index is 13.0. The summed E-state index contributed by atoms with van der Waals surface area (Å²) in [5.41, 5.74) is -0.204. The van der Waals surface area contributed by atoms with Crippen molar-refractivity contribution in [3.63, 3.8) is 0 Å². The van der Waals surface area contributed by atoms with E-state index in [4.69, 9.17) is 0 Å². The van der Waals surface area contributed by atoms with Crippen molar-refractivity contribution in [2.45, 2.75) is 19.8 Å². The van der Waals surface area contributed by atoms with Crippen molar-refractivity contribution >= 4 is 54.7 Å². The normalized spacial score (nSPS) is 11.6. The van der Waals surface area contributed by atoms with Crippen molar-refractivity contribution < 1.29 is 10.0 Å². The van der Waals surface area contributed by atoms with E-state index >= 15 is 0 Å². The number of aromatic hydroxyl groups is 1. The molecular formula is C18H14Br2N4O4. The Morgan fingerprint density at radius 3 is 2.61 bits per heavy atom. The lowest BCUT2D eigenvalue weighted by Crippen LogP contribution is -2.23. The van der Waals surface area contributed by atoms with Gasteiger partial charge in [-0.2, -0.15) is 9.78 Å². The topological polar surface area (TPSA) is 111 Å². The van der Waals surface area contributed by atoms with Gasteiger partial charge in [0, 0.05) is 26.5 Å². The number of hydrogen-bond donors (Lipinski definition) is 1. The third-order valence-corrected chi connectivity index (χ3v) is 4.89. The van der Waals surface area contributed by atoms with E-state index in [1.165, 1.54) is 18.3 Å². The predicted molar refractivity (Wildman–Crippen MR) is 113 cm³/mol. The summed E-state index contributed by atoms with van der Waals surface area (Å²) in [6.07, 6.45) is 1.20. The molecule has 2 aromatic carbocycles. The first-order valence-electron chi connectivity index (χ1n) is 8.12. The number of nitro groups is 1. The molecule has 144 valence electrons. The molecule has 0 saturated heterocycles. The monoisotopic (exact) mass is 508 g/mol. The number of halogens is 2. The Kier molecular flexibility index (Phi) is 5.61. The van der Waals surface area contributed by atoms with Crippen molar-refractivity contribution in [2.24, 2.45) is 5.10 Å². The van der Waals surface area contributed by atoms with Crippen molar-refractivity contribution in [2.75, 3.05) is 0 Å². The van der Waals surface area contributed by atoms with Crippen LogP contribution in [0.4, 0.5) is 5.69 Å². The molecule has 0 unspecified atom stereocenters. The summed E-state index contributed by atoms with van der Waals surface area (Å²) in [7, 11) is 0. The molecule has 8 nitrogen and oxygen atoms in total. The van der Waals surface area contributed by atoms with Crippen LogP contribution in [0.2, 0.25) is 0 Å². The number of fused-ring (bicyclic) bond motifs is 1. The van der Waals surface area contributed by atoms with Gasteiger partial charge in [-0.05, 0) is 24.3 Å². The largest absolute Gasteiger partial charge is 0.502 e. The standard InChI is InChI=1S/C18H14Br2N4O4/c1-9(2)17-22-14-4-3-11(19)6-13(14)18(26)23(17)21-8-10-5-12(20)7-15(16(10)25)24(27)28/h3-9,25H,1-2H3. The molecule has 1 N–H and O–H groups in total. The Morgan fingerprint density at radius 2 is 1.96 bits per heavy atom. The second-order valence-electron chi connectivity index (χ2n) is 6.27. The average Bonchev–Trinajstić information content (AvgIpc) is 2.63. The van der Waals surface area contributed by atoms with Crippen molar-refractivity contribution in [3.8, 4) is 5.75 Å². The fraction of sp³-hybridized carbons (Fsp3) is 0.167. The van der Waals surface area contributed by atoms with Crippen LogP contribution in [-0.2, 0) is 0 Å². The van der Waals surface area contributed by atoms with Gasteiger partial charge in [-0.15, -0.1) is 0 Å². The summed E-state index contributed by atoms with van der Waals surface area (Å²) in [4.78, 5) is 27.9. The van der Waals surface area contributed by atoms with Gasteiger partial charge in [0.15, 0.2) is 0 Å². The average molecular weight is 510 g/mol. The molecular weight excluding hydrogens is 496 g/mol. The van der Waals surface area contributed by atoms with E-state index < -0.39 is 16.4 Å². The van der Waals surface area contributed by atoms with Gasteiger partial charge in [0.1, 0.15) is 5.82 Å². The van der Waals surface area contributed by atoms with Crippen LogP contribution in [-0.4, -0.2) is 25.9 Å². The quantitative estimate of drug-likeness (QED) is 0.315. The van der Waals surface area contributed by atoms with Crippen LogP contribution in [0, 0.1) is 10.1 Å². The summed E-state index contributed by atoms with van der Waals surface area (Å²) in [6, 6.07) is 7.85. The molecule has 3 aromatic rings. The minimum absolute atomic E-state index is 0.0945. The number of nitro benzene ring substituents is 1. The maximum absolute atomic E-state index is 13.0. The van der Waals surface area contributed by atoms with Crippen LogP contribution in [0.3, 0.4) is 0 Å². The van der Waals surface area contributed by atoms with E-state index in [-0.39, 0.29) is 17.0 Å². The zero-order valence-electron chi connectivity index (χ0n) is 14.8. The van der Waals surface area contributed by atoms with Gasteiger partial charge in [0.2, 0.25) is 5.75 Å². The molecule has 0 saturated carbocycles. The number of nitrogens with zero attached hydrogens (tertiary/aromatic N) is 4. The molecule has 0 radical (unpaired) electrons. The molecule has 0 amide bonds. The minimum atomic E-state index is -0.696. The summed E-state index contributed by atoms with van der Waals surface area (Å²) in [6.45, 7) is 3.75. The number of aromatic nitrogens is 2. The summed E-state index contributed by atoms with van der Waals surface area (Å²) in [5, 5.41) is 25.8. The molecule has 0 spiro atoms. The minimum Gasteiger partial charge on any atom is -0.502 e. The second-order valence-corrected chi connectivity index (χ2v) is 8.10. The van der Waals surface area contributed by atoms with E-state index in [9.17, 15) is 20.0 Å². The van der Waals surface area contributed by atoms with Gasteiger partial charge in [-0.3, -0.25) is 14.9 Å². The number of benzene rings is 2. The van der Waals surface area contributed by atoms with Gasteiger partial charge in [-0.25, -0.2) is 4.98 Å². The zero-order valence-corrected chi connectivity index (χ0v) is 17.9. The summed E-state index contributed by atoms with van der Waals surface area (Å²) >= 11 is 6.51. The molecule has 0 aliphatic rings. The van der Waals surface area contributed by atoms with E-state index in [0.717, 1.165) is 9.15 Å². The van der Waals surface area contributed by atoms with Crippen molar-refractivity contribution in [1.29, 1.82) is 0 Å². The Labute approximate surface area is 175 Å². The van der Waals surface area contributed by atoms with E-state index in [1.54, 1.807) is 18.2 Å². The zero-order chi connectivity index (χ0) is 20.6. The van der Waals surface area contributed by atoms with Crippen molar-refractivity contribution in [3.05, 3.63) is 71.1 Å². The van der Waals surface area contributed by atoms with Crippen LogP contribution in [0.15, 0.2) is 49.2 Å². The Morgan fingerprint density at radius 1 is 1.25 bits per heavy atom. The lowest BCUT2D eigenvalue weighted by atomic mass is 10.2. The molecule has 0 atom stereocenters. The van der Waals surface area contributed by atoms with Crippen LogP contribution < -0.4 is 5.56 Å². The van der Waals surface area contributed by atoms with Crippen LogP contribution >= 0.6 is 31.9 Å². The van der Waals surface area contributed by atoms with Gasteiger partial charge in [0.25, 0.3) is 5.56 Å². The van der Waals surface area contributed by atoms with Crippen molar-refractivity contribution in [1.82, 2.24) is 9.66 Å². The lowest BCUT2D eigenvalue weighted by Gasteiger charge is -2.12. The molecule has 0 bridgehead atoms. The summed E-state index contributed by atoms with van der Waals surface area (Å²) in [5.74, 6) is -0.212. The fourth-order valence-electron chi connectivity index (χ4n) is 2.61. The number of rotatable bonds is 4. The number of hydrogen-bond acceptors (Lipinski definition) is 6. The maximum Gasteiger partial charge on any atom is 0.312 e. The Balaban J connectivity index is 2.22. The van der Waals surface area contributed by atoms with Gasteiger partial charge in [0.05, 0.1) is 22.0 Å². The molecule has 0 aliphatic carbocycles. The lowest BCUT2D eigenvalue weighted by molar-refractivity contribution is -0.385. The van der Waals surface area contributed by atoms with Gasteiger partial charge in [-0.1, -0.05) is 45.7 Å². The van der Waals surface area contributed by atoms with Gasteiger partial charge >= 0.3 is 5.69 Å². The molecule has 0 aliphatic heterocycles. The highest BCUT2D eigenvalue weighted by atomic mass is 79.9. The van der Waals surface area contributed by atoms with Crippen LogP contribution in [0.1, 0.15) is 31.2 Å². The molecule has 10 heteroatoms. The molecule has 3 rings (SSSR count). The second kappa shape index (κ2) is 7.80. The number of phenols is 1. The predicted octanol–water partition coefficient (Wildman–Crippen LogP) is 4.54. The smallest absolute Gasteiger partial charge is 0.312 e. The fourth-order valence-corrected chi connectivity index (χ4v) is 3.44. The number of phenolic OH excluding ortho intramolecular Hbond substituents is 1. The first kappa shape index (κ1) is 20.2. The molecule has 1 heterocycles. The third-order valence-electron chi connectivity index (χ3n) is 3.94. The Hall–Kier alpha value is -2.59. The highest BCUT2D eigenvalue weighted by molar-refractivity contribution is 9.10. The third kappa shape index (κ3) is 3.83. The highest BCUT2D eigenvalue weighted by Gasteiger charge is 2.18. The SMILES string of the molecule is CC(C)c1nc2ccc(Br)cc2c(=O)n1N=Cc1cc(Br)cc([N+](=O)[O-])c1O. The first-order valence-corrected chi connectivity index (χ1v) is 9.71. The Bertz CT molecular complexity index is 1190. The molecule has 0 fully saturated rings. The molecule has 28 heavy (non-hydrogen) atoms. The highest BCUT2D eigenvalue weighted by Crippen LogP contribution is 2.32. The van der Waals surface area contributed by atoms with E-state index in [2.05, 4.69) is 41.9 Å². The summed E-state index contributed by atoms with van der Waals surface area (Å²) < 4.78 is 2.27. The first-order chi connectivity index (χ1) is 13.2. The van der Waals surface area contributed by atoms with E-state index in [0.29, 0.717) is 21.2 Å². The van der Waals surface area contributed by atoms with Crippen LogP contribution in [0.5, 0.6) is 5.75 Å².